The largest absolute Gasteiger partial charge is 0.417 e. The first kappa shape index (κ1) is 17.1. The Bertz CT molecular complexity index is 722. The number of pyridine rings is 1. The molecule has 2 aromatic heterocycles. The lowest BCUT2D eigenvalue weighted by Gasteiger charge is -2.15. The van der Waals surface area contributed by atoms with Crippen LogP contribution in [0.3, 0.4) is 0 Å². The number of ketones is 1. The molecule has 9 heteroatoms. The highest BCUT2D eigenvalue weighted by atomic mass is 35.5. The van der Waals surface area contributed by atoms with Crippen LogP contribution in [0.1, 0.15) is 26.3 Å². The summed E-state index contributed by atoms with van der Waals surface area (Å²) < 4.78 is 39.6. The van der Waals surface area contributed by atoms with Crippen molar-refractivity contribution < 1.29 is 18.0 Å². The van der Waals surface area contributed by atoms with Crippen molar-refractivity contribution in [3.05, 3.63) is 22.8 Å². The van der Waals surface area contributed by atoms with Gasteiger partial charge in [0.15, 0.2) is 10.8 Å². The molecule has 0 amide bonds. The van der Waals surface area contributed by atoms with E-state index in [0.29, 0.717) is 0 Å². The van der Waals surface area contributed by atoms with Gasteiger partial charge in [-0.25, -0.2) is 0 Å². The van der Waals surface area contributed by atoms with Gasteiger partial charge in [-0.3, -0.25) is 9.20 Å². The van der Waals surface area contributed by atoms with E-state index in [2.05, 4.69) is 10.2 Å². The standard InChI is InChI=1S/C13H13ClF3N3OS/c1-12(2,3)9(21)6-22-11-19-18-10-8(14)4-7(5-20(10)11)13(15,16)17/h4-5H,6H2,1-3H3. The second-order valence-corrected chi connectivity index (χ2v) is 7.06. The molecule has 2 aromatic rings. The second-order valence-electron chi connectivity index (χ2n) is 5.71. The maximum atomic E-state index is 12.8. The summed E-state index contributed by atoms with van der Waals surface area (Å²) in [6.07, 6.45) is -3.64. The molecule has 0 bridgehead atoms. The van der Waals surface area contributed by atoms with Crippen molar-refractivity contribution in [1.29, 1.82) is 0 Å². The molecule has 0 saturated carbocycles. The number of aromatic nitrogens is 3. The third kappa shape index (κ3) is 3.55. The first-order chi connectivity index (χ1) is 10.00. The number of halogens is 4. The molecule has 0 aliphatic carbocycles. The molecule has 0 aromatic carbocycles. The van der Waals surface area contributed by atoms with Gasteiger partial charge in [0.05, 0.1) is 16.3 Å². The Morgan fingerprint density at radius 1 is 1.32 bits per heavy atom. The molecule has 0 atom stereocenters. The van der Waals surface area contributed by atoms with Crippen LogP contribution >= 0.6 is 23.4 Å². The fraction of sp³-hybridized carbons (Fsp3) is 0.462. The van der Waals surface area contributed by atoms with Crippen molar-refractivity contribution in [3.63, 3.8) is 0 Å². The van der Waals surface area contributed by atoms with Gasteiger partial charge in [0.1, 0.15) is 5.78 Å². The molecule has 0 radical (unpaired) electrons. The summed E-state index contributed by atoms with van der Waals surface area (Å²) in [4.78, 5) is 11.9. The van der Waals surface area contributed by atoms with E-state index in [4.69, 9.17) is 11.6 Å². The molecule has 0 aliphatic rings. The predicted octanol–water partition coefficient (Wildman–Crippen LogP) is 4.11. The van der Waals surface area contributed by atoms with Gasteiger partial charge in [0, 0.05) is 11.6 Å². The quantitative estimate of drug-likeness (QED) is 0.781. The van der Waals surface area contributed by atoms with Crippen LogP contribution in [0.2, 0.25) is 5.02 Å². The Balaban J connectivity index is 2.36. The zero-order valence-corrected chi connectivity index (χ0v) is 13.6. The minimum absolute atomic E-state index is 0.0349. The van der Waals surface area contributed by atoms with Crippen LogP contribution in [0.25, 0.3) is 5.65 Å². The zero-order chi connectivity index (χ0) is 16.7. The van der Waals surface area contributed by atoms with E-state index in [1.807, 2.05) is 0 Å². The highest BCUT2D eigenvalue weighted by molar-refractivity contribution is 7.99. The lowest BCUT2D eigenvalue weighted by atomic mass is 9.92. The van der Waals surface area contributed by atoms with E-state index < -0.39 is 17.2 Å². The second kappa shape index (κ2) is 5.73. The van der Waals surface area contributed by atoms with Crippen molar-refractivity contribution >= 4 is 34.8 Å². The van der Waals surface area contributed by atoms with Crippen LogP contribution in [-0.4, -0.2) is 26.1 Å². The predicted molar refractivity (Wildman–Crippen MR) is 78.2 cm³/mol. The number of carbonyl (C=O) groups excluding carboxylic acids is 1. The van der Waals surface area contributed by atoms with Crippen molar-refractivity contribution in [3.8, 4) is 0 Å². The maximum Gasteiger partial charge on any atom is 0.417 e. The number of thioether (sulfide) groups is 1. The highest BCUT2D eigenvalue weighted by Crippen LogP contribution is 2.33. The van der Waals surface area contributed by atoms with Gasteiger partial charge in [-0.1, -0.05) is 44.1 Å². The summed E-state index contributed by atoms with van der Waals surface area (Å²) in [5, 5.41) is 7.62. The molecule has 0 spiro atoms. The van der Waals surface area contributed by atoms with Crippen LogP contribution in [0, 0.1) is 5.41 Å². The fourth-order valence-corrected chi connectivity index (χ4v) is 2.85. The average Bonchev–Trinajstić information content (AvgIpc) is 2.77. The smallest absolute Gasteiger partial charge is 0.298 e. The number of carbonyl (C=O) groups is 1. The van der Waals surface area contributed by atoms with Crippen molar-refractivity contribution in [2.75, 3.05) is 5.75 Å². The molecule has 0 saturated heterocycles. The third-order valence-electron chi connectivity index (χ3n) is 2.92. The Labute approximate surface area is 134 Å². The SMILES string of the molecule is CC(C)(C)C(=O)CSc1nnc2c(Cl)cc(C(F)(F)F)cn12. The van der Waals surface area contributed by atoms with E-state index >= 15 is 0 Å². The lowest BCUT2D eigenvalue weighted by Crippen LogP contribution is -2.22. The average molecular weight is 352 g/mol. The summed E-state index contributed by atoms with van der Waals surface area (Å²) in [5.74, 6) is 0.0605. The number of fused-ring (bicyclic) bond motifs is 1. The van der Waals surface area contributed by atoms with Crippen LogP contribution < -0.4 is 0 Å². The molecule has 0 fully saturated rings. The molecule has 4 nitrogen and oxygen atoms in total. The third-order valence-corrected chi connectivity index (χ3v) is 4.15. The van der Waals surface area contributed by atoms with Gasteiger partial charge in [-0.15, -0.1) is 10.2 Å². The number of Topliss-reactive ketones (excluding diaryl/α,β-unsaturated/α-hetero) is 1. The first-order valence-corrected chi connectivity index (χ1v) is 7.64. The minimum atomic E-state index is -4.52. The Morgan fingerprint density at radius 3 is 2.50 bits per heavy atom. The van der Waals surface area contributed by atoms with Gasteiger partial charge in [0.2, 0.25) is 0 Å². The van der Waals surface area contributed by atoms with Crippen LogP contribution in [0.5, 0.6) is 0 Å². The van der Waals surface area contributed by atoms with E-state index in [1.54, 1.807) is 20.8 Å². The highest BCUT2D eigenvalue weighted by Gasteiger charge is 2.32. The fourth-order valence-electron chi connectivity index (χ4n) is 1.53. The van der Waals surface area contributed by atoms with Gasteiger partial charge in [0.25, 0.3) is 0 Å². The van der Waals surface area contributed by atoms with Gasteiger partial charge in [-0.2, -0.15) is 13.2 Å². The van der Waals surface area contributed by atoms with Crippen LogP contribution in [0.15, 0.2) is 17.4 Å². The van der Waals surface area contributed by atoms with Crippen LogP contribution in [0.4, 0.5) is 13.2 Å². The van der Waals surface area contributed by atoms with Crippen molar-refractivity contribution in [2.24, 2.45) is 5.41 Å². The monoisotopic (exact) mass is 351 g/mol. The Hall–Kier alpha value is -1.28. The first-order valence-electron chi connectivity index (χ1n) is 6.28. The zero-order valence-electron chi connectivity index (χ0n) is 12.0. The lowest BCUT2D eigenvalue weighted by molar-refractivity contribution is -0.137. The number of alkyl halides is 3. The summed E-state index contributed by atoms with van der Waals surface area (Å²) in [6, 6.07) is 0.806. The van der Waals surface area contributed by atoms with E-state index in [1.165, 1.54) is 0 Å². The molecular weight excluding hydrogens is 339 g/mol. The molecule has 22 heavy (non-hydrogen) atoms. The van der Waals surface area contributed by atoms with Crippen LogP contribution in [-0.2, 0) is 11.0 Å². The van der Waals surface area contributed by atoms with Crippen molar-refractivity contribution in [1.82, 2.24) is 14.6 Å². The number of hydrogen-bond donors (Lipinski definition) is 0. The summed E-state index contributed by atoms with van der Waals surface area (Å²) >= 11 is 6.85. The molecule has 0 unspecified atom stereocenters. The molecule has 2 heterocycles. The van der Waals surface area contributed by atoms with Gasteiger partial charge < -0.3 is 0 Å². The maximum absolute atomic E-state index is 12.8. The normalized spacial score (nSPS) is 12.9. The summed E-state index contributed by atoms with van der Waals surface area (Å²) in [7, 11) is 0. The molecule has 0 N–H and O–H groups in total. The molecular formula is C13H13ClF3N3OS. The number of nitrogens with zero attached hydrogens (tertiary/aromatic N) is 3. The summed E-state index contributed by atoms with van der Waals surface area (Å²) in [6.45, 7) is 5.32. The minimum Gasteiger partial charge on any atom is -0.298 e. The van der Waals surface area contributed by atoms with E-state index in [-0.39, 0.29) is 27.4 Å². The summed E-state index contributed by atoms with van der Waals surface area (Å²) in [5.41, 5.74) is -1.29. The molecule has 120 valence electrons. The Kier molecular flexibility index (Phi) is 4.45. The Morgan fingerprint density at radius 2 is 1.95 bits per heavy atom. The van der Waals surface area contributed by atoms with Gasteiger partial charge in [-0.05, 0) is 6.07 Å². The molecule has 0 aliphatic heterocycles. The van der Waals surface area contributed by atoms with E-state index in [9.17, 15) is 18.0 Å². The number of rotatable bonds is 3. The van der Waals surface area contributed by atoms with Gasteiger partial charge >= 0.3 is 6.18 Å². The van der Waals surface area contributed by atoms with Crippen molar-refractivity contribution in [2.45, 2.75) is 32.1 Å². The van der Waals surface area contributed by atoms with E-state index in [0.717, 1.165) is 28.4 Å². The number of hydrogen-bond acceptors (Lipinski definition) is 4. The topological polar surface area (TPSA) is 47.3 Å². The molecule has 2 rings (SSSR count).